The van der Waals surface area contributed by atoms with Crippen LogP contribution < -0.4 is 10.6 Å². The first kappa shape index (κ1) is 32.4. The highest BCUT2D eigenvalue weighted by Gasteiger charge is 2.38. The zero-order chi connectivity index (χ0) is 32.7. The molecule has 4 aromatic rings. The number of carbonyl (C=O) groups is 3. The number of hydrogen-bond acceptors (Lipinski definition) is 7. The van der Waals surface area contributed by atoms with Crippen molar-refractivity contribution in [3.05, 3.63) is 102 Å². The molecule has 4 N–H and O–H groups in total. The second-order valence-corrected chi connectivity index (χ2v) is 11.7. The third kappa shape index (κ3) is 8.30. The summed E-state index contributed by atoms with van der Waals surface area (Å²) in [5.74, 6) is -1.61. The topological polar surface area (TPSA) is 152 Å². The summed E-state index contributed by atoms with van der Waals surface area (Å²) >= 11 is 0. The lowest BCUT2D eigenvalue weighted by Crippen LogP contribution is -2.53. The van der Waals surface area contributed by atoms with E-state index in [1.807, 2.05) is 36.4 Å². The number of nitrogens with one attached hydrogen (secondary N) is 2. The molecule has 0 bridgehead atoms. The first-order valence-electron chi connectivity index (χ1n) is 14.4. The van der Waals surface area contributed by atoms with E-state index >= 15 is 0 Å². The second kappa shape index (κ2) is 13.8. The van der Waals surface area contributed by atoms with Crippen LogP contribution in [0.25, 0.3) is 10.8 Å². The number of phenols is 2. The minimum Gasteiger partial charge on any atom is -0.508 e. The van der Waals surface area contributed by atoms with E-state index in [0.29, 0.717) is 16.8 Å². The SMILES string of the molecule is Cc1cccc(C(C(=O)Nc2ccc3ccccc3c2)N(CC#N)C(=O)C(Cc2ccc(O)cc2)NC(=O)OC(C)(C)C)c1O. The van der Waals surface area contributed by atoms with E-state index in [1.165, 1.54) is 18.2 Å². The molecule has 45 heavy (non-hydrogen) atoms. The number of anilines is 1. The summed E-state index contributed by atoms with van der Waals surface area (Å²) in [6, 6.07) is 23.1. The highest BCUT2D eigenvalue weighted by Crippen LogP contribution is 2.33. The summed E-state index contributed by atoms with van der Waals surface area (Å²) in [4.78, 5) is 42.4. The molecule has 0 saturated carbocycles. The molecule has 10 nitrogen and oxygen atoms in total. The number of ether oxygens (including phenoxy) is 1. The quantitative estimate of drug-likeness (QED) is 0.177. The maximum absolute atomic E-state index is 14.3. The summed E-state index contributed by atoms with van der Waals surface area (Å²) in [6.07, 6.45) is -0.911. The number of fused-ring (bicyclic) bond motifs is 1. The third-order valence-corrected chi connectivity index (χ3v) is 7.03. The molecule has 0 aliphatic heterocycles. The zero-order valence-electron chi connectivity index (χ0n) is 25.6. The largest absolute Gasteiger partial charge is 0.508 e. The Kier molecular flexibility index (Phi) is 9.94. The number of nitriles is 1. The molecule has 2 unspecified atom stereocenters. The molecule has 2 atom stereocenters. The Morgan fingerprint density at radius 1 is 0.933 bits per heavy atom. The van der Waals surface area contributed by atoms with E-state index in [-0.39, 0.29) is 23.5 Å². The van der Waals surface area contributed by atoms with Crippen molar-refractivity contribution >= 4 is 34.4 Å². The molecule has 0 radical (unpaired) electrons. The molecule has 10 heteroatoms. The van der Waals surface area contributed by atoms with Gasteiger partial charge in [-0.2, -0.15) is 5.26 Å². The molecule has 0 aliphatic carbocycles. The third-order valence-electron chi connectivity index (χ3n) is 7.03. The van der Waals surface area contributed by atoms with Gasteiger partial charge < -0.3 is 30.5 Å². The van der Waals surface area contributed by atoms with Crippen molar-refractivity contribution in [3.8, 4) is 17.6 Å². The molecule has 0 spiro atoms. The van der Waals surface area contributed by atoms with Gasteiger partial charge in [-0.1, -0.05) is 60.7 Å². The summed E-state index contributed by atoms with van der Waals surface area (Å²) in [5.41, 5.74) is 0.755. The van der Waals surface area contributed by atoms with E-state index in [2.05, 4.69) is 10.6 Å². The first-order valence-corrected chi connectivity index (χ1v) is 14.4. The molecular weight excluding hydrogens is 572 g/mol. The molecule has 0 aromatic heterocycles. The number of hydrogen-bond donors (Lipinski definition) is 4. The van der Waals surface area contributed by atoms with Crippen LogP contribution in [0.5, 0.6) is 11.5 Å². The fourth-order valence-corrected chi connectivity index (χ4v) is 4.92. The van der Waals surface area contributed by atoms with Crippen molar-refractivity contribution in [2.45, 2.75) is 51.8 Å². The number of alkyl carbamates (subject to hydrolysis) is 1. The van der Waals surface area contributed by atoms with E-state index in [1.54, 1.807) is 64.1 Å². The Bertz CT molecular complexity index is 1740. The van der Waals surface area contributed by atoms with Gasteiger partial charge in [0, 0.05) is 17.7 Å². The minimum absolute atomic E-state index is 0.0215. The highest BCUT2D eigenvalue weighted by molar-refractivity contribution is 6.01. The van der Waals surface area contributed by atoms with Gasteiger partial charge in [0.2, 0.25) is 5.91 Å². The molecule has 3 amide bonds. The summed E-state index contributed by atoms with van der Waals surface area (Å²) in [6.45, 7) is 6.16. The van der Waals surface area contributed by atoms with Crippen LogP contribution in [-0.2, 0) is 20.7 Å². The molecule has 0 heterocycles. The molecule has 0 aliphatic rings. The van der Waals surface area contributed by atoms with Crippen LogP contribution in [0.3, 0.4) is 0 Å². The van der Waals surface area contributed by atoms with E-state index in [4.69, 9.17) is 4.74 Å². The van der Waals surface area contributed by atoms with Gasteiger partial charge >= 0.3 is 6.09 Å². The highest BCUT2D eigenvalue weighted by atomic mass is 16.6. The maximum Gasteiger partial charge on any atom is 0.408 e. The number of phenolic OH excluding ortho intramolecular Hbond substituents is 2. The standard InChI is InChI=1S/C35H36N4O6/c1-22-8-7-11-28(31(22)41)30(32(42)37-26-15-14-24-9-5-6-10-25(24)21-26)39(19-18-36)33(43)29(38-34(44)45-35(2,3)4)20-23-12-16-27(40)17-13-23/h5-17,21,29-30,40-41H,19-20H2,1-4H3,(H,37,42)(H,38,44). The van der Waals surface area contributed by atoms with Crippen molar-refractivity contribution in [2.75, 3.05) is 11.9 Å². The smallest absolute Gasteiger partial charge is 0.408 e. The van der Waals surface area contributed by atoms with Gasteiger partial charge in [-0.25, -0.2) is 4.79 Å². The molecule has 4 aromatic carbocycles. The van der Waals surface area contributed by atoms with Gasteiger partial charge in [0.25, 0.3) is 5.91 Å². The van der Waals surface area contributed by atoms with E-state index in [0.717, 1.165) is 15.7 Å². The number of para-hydroxylation sites is 1. The predicted octanol–water partition coefficient (Wildman–Crippen LogP) is 5.73. The average Bonchev–Trinajstić information content (AvgIpc) is 2.98. The number of rotatable bonds is 9. The lowest BCUT2D eigenvalue weighted by atomic mass is 9.98. The van der Waals surface area contributed by atoms with Crippen LogP contribution in [0.1, 0.15) is 43.5 Å². The van der Waals surface area contributed by atoms with Crippen molar-refractivity contribution in [3.63, 3.8) is 0 Å². The molecule has 4 rings (SSSR count). The fraction of sp³-hybridized carbons (Fsp3) is 0.257. The van der Waals surface area contributed by atoms with Gasteiger partial charge in [-0.15, -0.1) is 0 Å². The number of aromatic hydroxyl groups is 2. The van der Waals surface area contributed by atoms with Crippen LogP contribution in [0, 0.1) is 18.3 Å². The van der Waals surface area contributed by atoms with Crippen molar-refractivity contribution in [1.82, 2.24) is 10.2 Å². The summed E-state index contributed by atoms with van der Waals surface area (Å²) in [7, 11) is 0. The second-order valence-electron chi connectivity index (χ2n) is 11.7. The Balaban J connectivity index is 1.76. The predicted molar refractivity (Wildman–Crippen MR) is 170 cm³/mol. The molecule has 0 saturated heterocycles. The van der Waals surface area contributed by atoms with Gasteiger partial charge in [0.05, 0.1) is 6.07 Å². The van der Waals surface area contributed by atoms with Crippen molar-refractivity contribution in [2.24, 2.45) is 0 Å². The number of nitrogens with zero attached hydrogens (tertiary/aromatic N) is 2. The van der Waals surface area contributed by atoms with E-state index in [9.17, 15) is 29.9 Å². The van der Waals surface area contributed by atoms with Crippen molar-refractivity contribution < 1.29 is 29.3 Å². The monoisotopic (exact) mass is 608 g/mol. The van der Waals surface area contributed by atoms with E-state index < -0.39 is 42.1 Å². The Morgan fingerprint density at radius 3 is 2.29 bits per heavy atom. The summed E-state index contributed by atoms with van der Waals surface area (Å²) < 4.78 is 5.41. The molecular formula is C35H36N4O6. The van der Waals surface area contributed by atoms with Crippen LogP contribution in [-0.4, -0.2) is 51.2 Å². The summed E-state index contributed by atoms with van der Waals surface area (Å²) in [5, 5.41) is 38.0. The number of aryl methyl sites for hydroxylation is 1. The fourth-order valence-electron chi connectivity index (χ4n) is 4.92. The minimum atomic E-state index is -1.45. The van der Waals surface area contributed by atoms with Crippen LogP contribution in [0.4, 0.5) is 10.5 Å². The van der Waals surface area contributed by atoms with Gasteiger partial charge in [0.15, 0.2) is 0 Å². The lowest BCUT2D eigenvalue weighted by Gasteiger charge is -2.33. The van der Waals surface area contributed by atoms with Crippen LogP contribution >= 0.6 is 0 Å². The maximum atomic E-state index is 14.3. The van der Waals surface area contributed by atoms with Crippen molar-refractivity contribution in [1.29, 1.82) is 5.26 Å². The average molecular weight is 609 g/mol. The normalized spacial score (nSPS) is 12.4. The zero-order valence-corrected chi connectivity index (χ0v) is 25.6. The van der Waals surface area contributed by atoms with Crippen LogP contribution in [0.15, 0.2) is 84.9 Å². The Labute approximate surface area is 261 Å². The molecule has 232 valence electrons. The van der Waals surface area contributed by atoms with Crippen LogP contribution in [0.2, 0.25) is 0 Å². The Hall–Kier alpha value is -5.56. The van der Waals surface area contributed by atoms with Gasteiger partial charge in [-0.3, -0.25) is 9.59 Å². The van der Waals surface area contributed by atoms with Gasteiger partial charge in [-0.05, 0) is 73.9 Å². The first-order chi connectivity index (χ1) is 21.4. The number of amides is 3. The Morgan fingerprint density at radius 2 is 1.62 bits per heavy atom. The van der Waals surface area contributed by atoms with Gasteiger partial charge in [0.1, 0.15) is 35.7 Å². The number of carbonyl (C=O) groups excluding carboxylic acids is 3. The lowest BCUT2D eigenvalue weighted by molar-refractivity contribution is -0.140. The molecule has 0 fully saturated rings. The number of benzene rings is 4.